The molecule has 0 radical (unpaired) electrons. The molecule has 1 aliphatic carbocycles. The van der Waals surface area contributed by atoms with Gasteiger partial charge in [-0.1, -0.05) is 25.0 Å². The van der Waals surface area contributed by atoms with Crippen molar-refractivity contribution in [2.75, 3.05) is 10.6 Å². The van der Waals surface area contributed by atoms with Gasteiger partial charge in [-0.3, -0.25) is 9.78 Å². The average molecular weight is 372 g/mol. The molecular formula is C23H24N4O. The Morgan fingerprint density at radius 1 is 0.964 bits per heavy atom. The molecule has 0 unspecified atom stereocenters. The second-order valence-corrected chi connectivity index (χ2v) is 7.17. The van der Waals surface area contributed by atoms with Crippen molar-refractivity contribution in [2.24, 2.45) is 0 Å². The SMILES string of the molecule is O=C(Nc1ccc(C2CCCC2)cc1)c1cccnc1NCc1ccncc1. The summed E-state index contributed by atoms with van der Waals surface area (Å²) in [5, 5.41) is 6.23. The third-order valence-electron chi connectivity index (χ3n) is 5.26. The third-order valence-corrected chi connectivity index (χ3v) is 5.26. The standard InChI is InChI=1S/C23H24N4O/c28-23(27-20-9-7-19(8-10-20)18-4-1-2-5-18)21-6-3-13-25-22(21)26-16-17-11-14-24-15-12-17/h3,6-15,18H,1-2,4-5,16H2,(H,25,26)(H,27,28). The fourth-order valence-electron chi connectivity index (χ4n) is 3.71. The molecule has 1 aliphatic rings. The number of pyridine rings is 2. The number of anilines is 2. The maximum Gasteiger partial charge on any atom is 0.259 e. The van der Waals surface area contributed by atoms with Gasteiger partial charge in [0.2, 0.25) is 0 Å². The van der Waals surface area contributed by atoms with Crippen LogP contribution >= 0.6 is 0 Å². The van der Waals surface area contributed by atoms with Crippen LogP contribution in [0.5, 0.6) is 0 Å². The number of rotatable bonds is 6. The lowest BCUT2D eigenvalue weighted by atomic mass is 9.97. The maximum absolute atomic E-state index is 12.8. The minimum Gasteiger partial charge on any atom is -0.365 e. The molecule has 5 heteroatoms. The Morgan fingerprint density at radius 2 is 1.71 bits per heavy atom. The van der Waals surface area contributed by atoms with Gasteiger partial charge in [0.1, 0.15) is 5.82 Å². The van der Waals surface area contributed by atoms with E-state index < -0.39 is 0 Å². The zero-order valence-electron chi connectivity index (χ0n) is 15.8. The Hall–Kier alpha value is -3.21. The number of benzene rings is 1. The molecule has 142 valence electrons. The van der Waals surface area contributed by atoms with Crippen LogP contribution in [0.1, 0.15) is 53.1 Å². The highest BCUT2D eigenvalue weighted by Gasteiger charge is 2.17. The summed E-state index contributed by atoms with van der Waals surface area (Å²) in [7, 11) is 0. The van der Waals surface area contributed by atoms with Crippen molar-refractivity contribution in [1.82, 2.24) is 9.97 Å². The number of hydrogen-bond donors (Lipinski definition) is 2. The van der Waals surface area contributed by atoms with Gasteiger partial charge in [-0.05, 0) is 66.3 Å². The van der Waals surface area contributed by atoms with Crippen LogP contribution in [0.2, 0.25) is 0 Å². The number of hydrogen-bond acceptors (Lipinski definition) is 4. The van der Waals surface area contributed by atoms with Gasteiger partial charge in [0, 0.05) is 30.8 Å². The molecular weight excluding hydrogens is 348 g/mol. The fraction of sp³-hybridized carbons (Fsp3) is 0.261. The Kier molecular flexibility index (Phi) is 5.61. The summed E-state index contributed by atoms with van der Waals surface area (Å²) in [6.07, 6.45) is 10.4. The van der Waals surface area contributed by atoms with Crippen molar-refractivity contribution >= 4 is 17.4 Å². The molecule has 0 atom stereocenters. The summed E-state index contributed by atoms with van der Waals surface area (Å²) in [5.41, 5.74) is 3.78. The highest BCUT2D eigenvalue weighted by Crippen LogP contribution is 2.34. The van der Waals surface area contributed by atoms with E-state index in [4.69, 9.17) is 0 Å². The van der Waals surface area contributed by atoms with Gasteiger partial charge in [0.05, 0.1) is 5.56 Å². The molecule has 2 N–H and O–H groups in total. The predicted octanol–water partition coefficient (Wildman–Crippen LogP) is 5.00. The first kappa shape index (κ1) is 18.2. The van der Waals surface area contributed by atoms with Crippen LogP contribution in [0.15, 0.2) is 67.1 Å². The van der Waals surface area contributed by atoms with Crippen LogP contribution in [0.4, 0.5) is 11.5 Å². The zero-order chi connectivity index (χ0) is 19.2. The van der Waals surface area contributed by atoms with Crippen molar-refractivity contribution in [3.8, 4) is 0 Å². The first-order chi connectivity index (χ1) is 13.8. The Bertz CT molecular complexity index is 919. The molecule has 1 amide bonds. The van der Waals surface area contributed by atoms with E-state index in [1.54, 1.807) is 30.7 Å². The Balaban J connectivity index is 1.43. The topological polar surface area (TPSA) is 66.9 Å². The van der Waals surface area contributed by atoms with Crippen LogP contribution < -0.4 is 10.6 Å². The van der Waals surface area contributed by atoms with Crippen molar-refractivity contribution in [2.45, 2.75) is 38.1 Å². The van der Waals surface area contributed by atoms with Gasteiger partial charge in [0.15, 0.2) is 0 Å². The quantitative estimate of drug-likeness (QED) is 0.639. The molecule has 0 bridgehead atoms. The summed E-state index contributed by atoms with van der Waals surface area (Å²) in [5.74, 6) is 1.07. The van der Waals surface area contributed by atoms with Crippen molar-refractivity contribution < 1.29 is 4.79 Å². The molecule has 0 aliphatic heterocycles. The van der Waals surface area contributed by atoms with E-state index in [1.807, 2.05) is 24.3 Å². The number of nitrogens with zero attached hydrogens (tertiary/aromatic N) is 2. The summed E-state index contributed by atoms with van der Waals surface area (Å²) < 4.78 is 0. The molecule has 0 spiro atoms. The van der Waals surface area contributed by atoms with E-state index in [1.165, 1.54) is 31.2 Å². The van der Waals surface area contributed by atoms with E-state index >= 15 is 0 Å². The van der Waals surface area contributed by atoms with Crippen LogP contribution in [-0.2, 0) is 6.54 Å². The summed E-state index contributed by atoms with van der Waals surface area (Å²) in [4.78, 5) is 21.1. The van der Waals surface area contributed by atoms with E-state index in [2.05, 4.69) is 32.7 Å². The van der Waals surface area contributed by atoms with Crippen LogP contribution in [0, 0.1) is 0 Å². The van der Waals surface area contributed by atoms with E-state index in [0.717, 1.165) is 11.3 Å². The van der Waals surface area contributed by atoms with Gasteiger partial charge >= 0.3 is 0 Å². The summed E-state index contributed by atoms with van der Waals surface area (Å²) in [6.45, 7) is 0.579. The molecule has 5 nitrogen and oxygen atoms in total. The molecule has 1 fully saturated rings. The minimum atomic E-state index is -0.168. The lowest BCUT2D eigenvalue weighted by molar-refractivity contribution is 0.102. The number of carbonyl (C=O) groups excluding carboxylic acids is 1. The normalized spacial score (nSPS) is 14.0. The highest BCUT2D eigenvalue weighted by atomic mass is 16.1. The lowest BCUT2D eigenvalue weighted by Crippen LogP contribution is -2.15. The van der Waals surface area contributed by atoms with Crippen LogP contribution in [0.3, 0.4) is 0 Å². The largest absolute Gasteiger partial charge is 0.365 e. The smallest absolute Gasteiger partial charge is 0.259 e. The van der Waals surface area contributed by atoms with Gasteiger partial charge in [-0.2, -0.15) is 0 Å². The maximum atomic E-state index is 12.8. The van der Waals surface area contributed by atoms with Gasteiger partial charge in [-0.15, -0.1) is 0 Å². The molecule has 2 aromatic heterocycles. The average Bonchev–Trinajstić information content (AvgIpc) is 3.29. The van der Waals surface area contributed by atoms with E-state index in [-0.39, 0.29) is 5.91 Å². The van der Waals surface area contributed by atoms with Gasteiger partial charge < -0.3 is 10.6 Å². The second kappa shape index (κ2) is 8.65. The molecule has 3 aromatic rings. The monoisotopic (exact) mass is 372 g/mol. The third kappa shape index (κ3) is 4.36. The minimum absolute atomic E-state index is 0.168. The first-order valence-electron chi connectivity index (χ1n) is 9.79. The predicted molar refractivity (Wildman–Crippen MR) is 111 cm³/mol. The highest BCUT2D eigenvalue weighted by molar-refractivity contribution is 6.07. The zero-order valence-corrected chi connectivity index (χ0v) is 15.8. The Labute approximate surface area is 165 Å². The molecule has 1 aromatic carbocycles. The number of carbonyl (C=O) groups is 1. The van der Waals surface area contributed by atoms with Crippen molar-refractivity contribution in [3.05, 3.63) is 83.8 Å². The molecule has 28 heavy (non-hydrogen) atoms. The summed E-state index contributed by atoms with van der Waals surface area (Å²) in [6, 6.07) is 15.7. The van der Waals surface area contributed by atoms with Crippen molar-refractivity contribution in [3.63, 3.8) is 0 Å². The molecule has 4 rings (SSSR count). The lowest BCUT2D eigenvalue weighted by Gasteiger charge is -2.13. The van der Waals surface area contributed by atoms with Crippen LogP contribution in [0.25, 0.3) is 0 Å². The van der Waals surface area contributed by atoms with Crippen LogP contribution in [-0.4, -0.2) is 15.9 Å². The van der Waals surface area contributed by atoms with E-state index in [0.29, 0.717) is 23.8 Å². The summed E-state index contributed by atoms with van der Waals surface area (Å²) >= 11 is 0. The van der Waals surface area contributed by atoms with Crippen molar-refractivity contribution in [1.29, 1.82) is 0 Å². The van der Waals surface area contributed by atoms with E-state index in [9.17, 15) is 4.79 Å². The second-order valence-electron chi connectivity index (χ2n) is 7.17. The molecule has 0 saturated heterocycles. The number of aromatic nitrogens is 2. The number of amides is 1. The fourth-order valence-corrected chi connectivity index (χ4v) is 3.71. The molecule has 1 saturated carbocycles. The number of nitrogens with one attached hydrogen (secondary N) is 2. The first-order valence-corrected chi connectivity index (χ1v) is 9.79. The van der Waals surface area contributed by atoms with Gasteiger partial charge in [-0.25, -0.2) is 4.98 Å². The Morgan fingerprint density at radius 3 is 2.46 bits per heavy atom. The van der Waals surface area contributed by atoms with Gasteiger partial charge in [0.25, 0.3) is 5.91 Å². The molecule has 2 heterocycles.